The Kier molecular flexibility index (Phi) is 4.95. The monoisotopic (exact) mass is 447 g/mol. The highest BCUT2D eigenvalue weighted by molar-refractivity contribution is 5.96. The van der Waals surface area contributed by atoms with Crippen molar-refractivity contribution in [2.24, 2.45) is 0 Å². The molecule has 5 heterocycles. The molecule has 2 aliphatic heterocycles. The number of benzene rings is 1. The van der Waals surface area contributed by atoms with Crippen molar-refractivity contribution in [3.05, 3.63) is 30.5 Å². The summed E-state index contributed by atoms with van der Waals surface area (Å²) in [4.78, 5) is 26.3. The first-order chi connectivity index (χ1) is 16.1. The van der Waals surface area contributed by atoms with Gasteiger partial charge in [-0.2, -0.15) is 9.97 Å². The number of imidazole rings is 1. The number of fused-ring (bicyclic) bond motifs is 2. The van der Waals surface area contributed by atoms with Gasteiger partial charge < -0.3 is 29.2 Å². The molecule has 0 spiro atoms. The maximum Gasteiger partial charge on any atom is 0.229 e. The molecule has 2 N–H and O–H groups in total. The Balaban J connectivity index is 1.51. The van der Waals surface area contributed by atoms with Crippen LogP contribution in [-0.2, 0) is 9.47 Å². The zero-order valence-electron chi connectivity index (χ0n) is 19.2. The van der Waals surface area contributed by atoms with E-state index in [2.05, 4.69) is 58.7 Å². The van der Waals surface area contributed by atoms with Gasteiger partial charge in [-0.05, 0) is 32.9 Å². The molecule has 33 heavy (non-hydrogen) atoms. The number of rotatable bonds is 3. The molecule has 3 aromatic heterocycles. The van der Waals surface area contributed by atoms with Crippen LogP contribution in [0.3, 0.4) is 0 Å². The van der Waals surface area contributed by atoms with E-state index in [-0.39, 0.29) is 18.2 Å². The summed E-state index contributed by atoms with van der Waals surface area (Å²) in [6.07, 6.45) is 2.21. The van der Waals surface area contributed by atoms with Crippen molar-refractivity contribution in [2.75, 3.05) is 42.6 Å². The van der Waals surface area contributed by atoms with Gasteiger partial charge in [0.15, 0.2) is 17.0 Å². The SMILES string of the molecule is CC1COCCN1c1nc(N2C[C@@H](C)O[C@@H](C)C2)nc2[nH]c(-c3cccc4[nH]ccc34)nc12. The van der Waals surface area contributed by atoms with E-state index in [1.807, 2.05) is 12.3 Å². The first-order valence-electron chi connectivity index (χ1n) is 11.7. The number of ether oxygens (including phenoxy) is 2. The molecule has 172 valence electrons. The fourth-order valence-corrected chi connectivity index (χ4v) is 5.02. The molecule has 0 bridgehead atoms. The van der Waals surface area contributed by atoms with E-state index in [4.69, 9.17) is 24.4 Å². The Bertz CT molecular complexity index is 1290. The maximum atomic E-state index is 5.94. The van der Waals surface area contributed by atoms with Crippen LogP contribution in [0.25, 0.3) is 33.5 Å². The van der Waals surface area contributed by atoms with E-state index in [1.165, 1.54) is 0 Å². The predicted octanol–water partition coefficient (Wildman–Crippen LogP) is 3.34. The molecule has 2 aliphatic rings. The van der Waals surface area contributed by atoms with Crippen LogP contribution in [0.15, 0.2) is 30.5 Å². The van der Waals surface area contributed by atoms with Gasteiger partial charge in [0.2, 0.25) is 5.95 Å². The standard InChI is InChI=1S/C24H29N7O2/c1-14-13-32-10-9-31(14)23-20-22(28-24(29-23)30-11-15(2)33-16(3)12-30)27-21(26-20)18-5-4-6-19-17(18)7-8-25-19/h4-8,14-16,25H,9-13H2,1-3H3,(H,26,27,28,29)/t14?,15-,16+. The van der Waals surface area contributed by atoms with Gasteiger partial charge in [0.1, 0.15) is 5.82 Å². The lowest BCUT2D eigenvalue weighted by Crippen LogP contribution is -2.47. The fourth-order valence-electron chi connectivity index (χ4n) is 5.02. The summed E-state index contributed by atoms with van der Waals surface area (Å²) >= 11 is 0. The average molecular weight is 448 g/mol. The number of anilines is 2. The number of hydrogen-bond acceptors (Lipinski definition) is 7. The molecule has 0 saturated carbocycles. The molecule has 9 heteroatoms. The minimum absolute atomic E-state index is 0.127. The number of H-pyrrole nitrogens is 2. The molecule has 0 aliphatic carbocycles. The Morgan fingerprint density at radius 2 is 1.88 bits per heavy atom. The van der Waals surface area contributed by atoms with Crippen molar-refractivity contribution in [3.63, 3.8) is 0 Å². The smallest absolute Gasteiger partial charge is 0.229 e. The Hall–Kier alpha value is -3.17. The fraction of sp³-hybridized carbons (Fsp3) is 0.458. The second-order valence-electron chi connectivity index (χ2n) is 9.15. The molecule has 2 fully saturated rings. The van der Waals surface area contributed by atoms with Crippen LogP contribution in [0.5, 0.6) is 0 Å². The van der Waals surface area contributed by atoms with Gasteiger partial charge in [-0.1, -0.05) is 12.1 Å². The number of nitrogens with zero attached hydrogens (tertiary/aromatic N) is 5. The van der Waals surface area contributed by atoms with Crippen LogP contribution < -0.4 is 9.80 Å². The largest absolute Gasteiger partial charge is 0.377 e. The molecular weight excluding hydrogens is 418 g/mol. The summed E-state index contributed by atoms with van der Waals surface area (Å²) in [5.41, 5.74) is 3.67. The van der Waals surface area contributed by atoms with Crippen molar-refractivity contribution in [2.45, 2.75) is 39.0 Å². The first kappa shape index (κ1) is 20.4. The van der Waals surface area contributed by atoms with Crippen molar-refractivity contribution in [1.82, 2.24) is 24.9 Å². The Morgan fingerprint density at radius 3 is 2.70 bits per heavy atom. The van der Waals surface area contributed by atoms with E-state index in [9.17, 15) is 0 Å². The molecule has 2 saturated heterocycles. The van der Waals surface area contributed by atoms with Crippen LogP contribution in [0.1, 0.15) is 20.8 Å². The number of morpholine rings is 2. The van der Waals surface area contributed by atoms with Gasteiger partial charge in [0.05, 0.1) is 31.5 Å². The number of aromatic nitrogens is 5. The zero-order chi connectivity index (χ0) is 22.5. The summed E-state index contributed by atoms with van der Waals surface area (Å²) in [6.45, 7) is 10.0. The Morgan fingerprint density at radius 1 is 1.03 bits per heavy atom. The molecule has 6 rings (SSSR count). The summed E-state index contributed by atoms with van der Waals surface area (Å²) in [5, 5.41) is 1.13. The van der Waals surface area contributed by atoms with Crippen molar-refractivity contribution in [1.29, 1.82) is 0 Å². The molecule has 3 atom stereocenters. The molecule has 4 aromatic rings. The van der Waals surface area contributed by atoms with Crippen molar-refractivity contribution < 1.29 is 9.47 Å². The normalized spacial score (nSPS) is 24.2. The minimum Gasteiger partial charge on any atom is -0.377 e. The first-order valence-corrected chi connectivity index (χ1v) is 11.7. The van der Waals surface area contributed by atoms with Crippen LogP contribution >= 0.6 is 0 Å². The molecule has 1 aromatic carbocycles. The maximum absolute atomic E-state index is 5.94. The number of aromatic amines is 2. The van der Waals surface area contributed by atoms with Crippen LogP contribution in [-0.4, -0.2) is 76.0 Å². The van der Waals surface area contributed by atoms with E-state index < -0.39 is 0 Å². The number of hydrogen-bond donors (Lipinski definition) is 2. The third-order valence-corrected chi connectivity index (χ3v) is 6.51. The summed E-state index contributed by atoms with van der Waals surface area (Å²) in [6, 6.07) is 8.49. The van der Waals surface area contributed by atoms with Crippen molar-refractivity contribution >= 4 is 33.8 Å². The Labute approximate surface area is 192 Å². The van der Waals surface area contributed by atoms with E-state index in [1.54, 1.807) is 0 Å². The molecule has 0 amide bonds. The topological polar surface area (TPSA) is 95.2 Å². The lowest BCUT2D eigenvalue weighted by Gasteiger charge is -2.37. The van der Waals surface area contributed by atoms with Gasteiger partial charge >= 0.3 is 0 Å². The minimum atomic E-state index is 0.127. The second-order valence-corrected chi connectivity index (χ2v) is 9.15. The number of nitrogens with one attached hydrogen (secondary N) is 2. The quantitative estimate of drug-likeness (QED) is 0.497. The summed E-state index contributed by atoms with van der Waals surface area (Å²) < 4.78 is 11.6. The highest BCUT2D eigenvalue weighted by Crippen LogP contribution is 2.33. The van der Waals surface area contributed by atoms with E-state index in [0.717, 1.165) is 58.9 Å². The highest BCUT2D eigenvalue weighted by atomic mass is 16.5. The summed E-state index contributed by atoms with van der Waals surface area (Å²) in [5.74, 6) is 2.38. The summed E-state index contributed by atoms with van der Waals surface area (Å²) in [7, 11) is 0. The van der Waals surface area contributed by atoms with E-state index >= 15 is 0 Å². The third kappa shape index (κ3) is 3.61. The lowest BCUT2D eigenvalue weighted by atomic mass is 10.1. The molecule has 9 nitrogen and oxygen atoms in total. The van der Waals surface area contributed by atoms with Crippen LogP contribution in [0.2, 0.25) is 0 Å². The van der Waals surface area contributed by atoms with Gasteiger partial charge in [0.25, 0.3) is 0 Å². The molecular formula is C24H29N7O2. The van der Waals surface area contributed by atoms with Gasteiger partial charge in [-0.15, -0.1) is 0 Å². The molecule has 0 radical (unpaired) electrons. The third-order valence-electron chi connectivity index (χ3n) is 6.51. The van der Waals surface area contributed by atoms with Gasteiger partial charge in [-0.3, -0.25) is 0 Å². The zero-order valence-corrected chi connectivity index (χ0v) is 19.2. The van der Waals surface area contributed by atoms with Gasteiger partial charge in [-0.25, -0.2) is 4.98 Å². The second kappa shape index (κ2) is 8.00. The predicted molar refractivity (Wildman–Crippen MR) is 129 cm³/mol. The van der Waals surface area contributed by atoms with Gasteiger partial charge in [0, 0.05) is 42.3 Å². The highest BCUT2D eigenvalue weighted by Gasteiger charge is 2.29. The van der Waals surface area contributed by atoms with Crippen molar-refractivity contribution in [3.8, 4) is 11.4 Å². The van der Waals surface area contributed by atoms with Crippen LogP contribution in [0, 0.1) is 0 Å². The van der Waals surface area contributed by atoms with E-state index in [0.29, 0.717) is 19.2 Å². The lowest BCUT2D eigenvalue weighted by molar-refractivity contribution is -0.00570. The van der Waals surface area contributed by atoms with Crippen LogP contribution in [0.4, 0.5) is 11.8 Å². The molecule has 1 unspecified atom stereocenters. The average Bonchev–Trinajstić information content (AvgIpc) is 3.45.